The van der Waals surface area contributed by atoms with Gasteiger partial charge < -0.3 is 4.74 Å². The molecule has 0 fully saturated rings. The molecule has 1 aromatic rings. The summed E-state index contributed by atoms with van der Waals surface area (Å²) in [6, 6.07) is 2.14. The van der Waals surface area contributed by atoms with Crippen LogP contribution in [0.4, 0.5) is 0 Å². The second kappa shape index (κ2) is 4.97. The molecular weight excluding hydrogens is 238 g/mol. The van der Waals surface area contributed by atoms with E-state index in [4.69, 9.17) is 4.74 Å². The van der Waals surface area contributed by atoms with Gasteiger partial charge in [-0.05, 0) is 29.0 Å². The van der Waals surface area contributed by atoms with Crippen LogP contribution in [-0.2, 0) is 11.3 Å². The highest BCUT2D eigenvalue weighted by molar-refractivity contribution is 9.10. The predicted octanol–water partition coefficient (Wildman–Crippen LogP) is 2.55. The van der Waals surface area contributed by atoms with Gasteiger partial charge in [0.2, 0.25) is 0 Å². The summed E-state index contributed by atoms with van der Waals surface area (Å²) in [6.07, 6.45) is 0. The largest absolute Gasteiger partial charge is 0.369 e. The lowest BCUT2D eigenvalue weighted by atomic mass is 10.4. The van der Waals surface area contributed by atoms with E-state index in [1.54, 1.807) is 18.4 Å². The molecule has 1 rings (SSSR count). The van der Waals surface area contributed by atoms with Gasteiger partial charge in [0.1, 0.15) is 0 Å². The van der Waals surface area contributed by atoms with Crippen molar-refractivity contribution in [3.05, 3.63) is 20.8 Å². The minimum Gasteiger partial charge on any atom is -0.369 e. The fraction of sp³-hybridized carbons (Fsp3) is 0.500. The van der Waals surface area contributed by atoms with Crippen molar-refractivity contribution in [2.75, 3.05) is 20.9 Å². The molecule has 2 nitrogen and oxygen atoms in total. The Morgan fingerprint density at radius 3 is 2.92 bits per heavy atom. The van der Waals surface area contributed by atoms with Crippen molar-refractivity contribution in [2.45, 2.75) is 6.54 Å². The van der Waals surface area contributed by atoms with Crippen molar-refractivity contribution >= 4 is 27.3 Å². The number of rotatable bonds is 4. The summed E-state index contributed by atoms with van der Waals surface area (Å²) in [5, 5.41) is 2.09. The molecule has 0 unspecified atom stereocenters. The van der Waals surface area contributed by atoms with E-state index in [2.05, 4.69) is 32.3 Å². The Hall–Kier alpha value is 0.1000. The molecule has 0 bridgehead atoms. The molecule has 1 heterocycles. The standard InChI is InChI=1S/C8H12BrNOS/c1-10(6-11-2)4-8-3-7(9)5-12-8/h3,5H,4,6H2,1-2H3. The van der Waals surface area contributed by atoms with E-state index in [-0.39, 0.29) is 0 Å². The molecular formula is C8H12BrNOS. The van der Waals surface area contributed by atoms with Crippen molar-refractivity contribution in [1.29, 1.82) is 0 Å². The highest BCUT2D eigenvalue weighted by Crippen LogP contribution is 2.20. The van der Waals surface area contributed by atoms with Gasteiger partial charge in [0, 0.05) is 28.4 Å². The topological polar surface area (TPSA) is 12.5 Å². The second-order valence-electron chi connectivity index (χ2n) is 2.66. The van der Waals surface area contributed by atoms with Crippen molar-refractivity contribution in [3.63, 3.8) is 0 Å². The summed E-state index contributed by atoms with van der Waals surface area (Å²) in [5.41, 5.74) is 0. The Balaban J connectivity index is 2.41. The molecule has 12 heavy (non-hydrogen) atoms. The summed E-state index contributed by atoms with van der Waals surface area (Å²) < 4.78 is 6.16. The molecule has 0 amide bonds. The number of hydrogen-bond donors (Lipinski definition) is 0. The molecule has 1 aromatic heterocycles. The molecule has 0 aliphatic heterocycles. The van der Waals surface area contributed by atoms with E-state index >= 15 is 0 Å². The monoisotopic (exact) mass is 249 g/mol. The summed E-state index contributed by atoms with van der Waals surface area (Å²) in [5.74, 6) is 0. The van der Waals surface area contributed by atoms with Crippen molar-refractivity contribution in [1.82, 2.24) is 4.90 Å². The average molecular weight is 250 g/mol. The Labute approximate surface area is 85.3 Å². The lowest BCUT2D eigenvalue weighted by Crippen LogP contribution is -2.19. The van der Waals surface area contributed by atoms with Crippen LogP contribution in [0.3, 0.4) is 0 Å². The van der Waals surface area contributed by atoms with Gasteiger partial charge in [-0.15, -0.1) is 11.3 Å². The lowest BCUT2D eigenvalue weighted by molar-refractivity contribution is 0.0778. The molecule has 0 radical (unpaired) electrons. The molecule has 0 saturated carbocycles. The van der Waals surface area contributed by atoms with Gasteiger partial charge in [0.15, 0.2) is 0 Å². The smallest absolute Gasteiger partial charge is 0.0987 e. The lowest BCUT2D eigenvalue weighted by Gasteiger charge is -2.13. The van der Waals surface area contributed by atoms with E-state index < -0.39 is 0 Å². The van der Waals surface area contributed by atoms with Crippen LogP contribution < -0.4 is 0 Å². The number of halogens is 1. The van der Waals surface area contributed by atoms with Crippen LogP contribution in [0.5, 0.6) is 0 Å². The first-order valence-corrected chi connectivity index (χ1v) is 5.30. The zero-order chi connectivity index (χ0) is 8.97. The maximum atomic E-state index is 5.00. The van der Waals surface area contributed by atoms with Gasteiger partial charge in [0.25, 0.3) is 0 Å². The van der Waals surface area contributed by atoms with Crippen LogP contribution in [0.2, 0.25) is 0 Å². The summed E-state index contributed by atoms with van der Waals surface area (Å²) >= 11 is 5.18. The van der Waals surface area contributed by atoms with Gasteiger partial charge in [-0.2, -0.15) is 0 Å². The van der Waals surface area contributed by atoms with Gasteiger partial charge in [-0.25, -0.2) is 0 Å². The highest BCUT2D eigenvalue weighted by atomic mass is 79.9. The molecule has 0 atom stereocenters. The molecule has 0 N–H and O–H groups in total. The first-order valence-electron chi connectivity index (χ1n) is 3.62. The van der Waals surface area contributed by atoms with Gasteiger partial charge in [-0.3, -0.25) is 4.90 Å². The second-order valence-corrected chi connectivity index (χ2v) is 4.57. The molecule has 0 spiro atoms. The van der Waals surface area contributed by atoms with E-state index in [0.29, 0.717) is 6.73 Å². The maximum absolute atomic E-state index is 5.00. The van der Waals surface area contributed by atoms with E-state index in [9.17, 15) is 0 Å². The van der Waals surface area contributed by atoms with E-state index in [0.717, 1.165) is 11.0 Å². The normalized spacial score (nSPS) is 11.0. The molecule has 0 aliphatic rings. The van der Waals surface area contributed by atoms with Crippen LogP contribution in [0.15, 0.2) is 15.9 Å². The van der Waals surface area contributed by atoms with Gasteiger partial charge in [-0.1, -0.05) is 0 Å². The van der Waals surface area contributed by atoms with Crippen molar-refractivity contribution in [3.8, 4) is 0 Å². The number of thiophene rings is 1. The molecule has 4 heteroatoms. The molecule has 0 aliphatic carbocycles. The summed E-state index contributed by atoms with van der Waals surface area (Å²) in [7, 11) is 3.75. The van der Waals surface area contributed by atoms with Crippen LogP contribution in [-0.4, -0.2) is 25.8 Å². The highest BCUT2D eigenvalue weighted by Gasteiger charge is 2.01. The Morgan fingerprint density at radius 1 is 1.67 bits per heavy atom. The van der Waals surface area contributed by atoms with Gasteiger partial charge >= 0.3 is 0 Å². The third kappa shape index (κ3) is 3.23. The number of nitrogens with zero attached hydrogens (tertiary/aromatic N) is 1. The van der Waals surface area contributed by atoms with Gasteiger partial charge in [0.05, 0.1) is 6.73 Å². The third-order valence-electron chi connectivity index (χ3n) is 1.40. The third-order valence-corrected chi connectivity index (χ3v) is 3.08. The Kier molecular flexibility index (Phi) is 4.21. The van der Waals surface area contributed by atoms with Crippen molar-refractivity contribution < 1.29 is 4.74 Å². The minimum absolute atomic E-state index is 0.676. The number of ether oxygens (including phenoxy) is 1. The van der Waals surface area contributed by atoms with Crippen molar-refractivity contribution in [2.24, 2.45) is 0 Å². The first-order chi connectivity index (χ1) is 5.72. The number of hydrogen-bond acceptors (Lipinski definition) is 3. The molecule has 0 saturated heterocycles. The van der Waals surface area contributed by atoms with E-state index in [1.165, 1.54) is 4.88 Å². The quantitative estimate of drug-likeness (QED) is 0.761. The first kappa shape index (κ1) is 10.2. The van der Waals surface area contributed by atoms with E-state index in [1.807, 2.05) is 7.05 Å². The number of methoxy groups -OCH3 is 1. The zero-order valence-electron chi connectivity index (χ0n) is 7.21. The predicted molar refractivity (Wildman–Crippen MR) is 55.4 cm³/mol. The molecule has 68 valence electrons. The van der Waals surface area contributed by atoms with Crippen LogP contribution >= 0.6 is 27.3 Å². The Bertz CT molecular complexity index is 239. The van der Waals surface area contributed by atoms with Crippen LogP contribution in [0, 0.1) is 0 Å². The average Bonchev–Trinajstić information content (AvgIpc) is 2.36. The Morgan fingerprint density at radius 2 is 2.42 bits per heavy atom. The summed E-state index contributed by atoms with van der Waals surface area (Å²) in [6.45, 7) is 1.62. The van der Waals surface area contributed by atoms with Crippen LogP contribution in [0.25, 0.3) is 0 Å². The zero-order valence-corrected chi connectivity index (χ0v) is 9.61. The fourth-order valence-corrected chi connectivity index (χ4v) is 2.50. The SMILES string of the molecule is COCN(C)Cc1cc(Br)cs1. The maximum Gasteiger partial charge on any atom is 0.0987 e. The minimum atomic E-state index is 0.676. The fourth-order valence-electron chi connectivity index (χ4n) is 0.969. The molecule has 0 aromatic carbocycles. The van der Waals surface area contributed by atoms with Crippen LogP contribution in [0.1, 0.15) is 4.88 Å². The summed E-state index contributed by atoms with van der Waals surface area (Å²) in [4.78, 5) is 3.47.